The van der Waals surface area contributed by atoms with Gasteiger partial charge in [0, 0.05) is 13.0 Å². The fraction of sp³-hybridized carbons (Fsp3) is 0.714. The third-order valence-electron chi connectivity index (χ3n) is 1.50. The van der Waals surface area contributed by atoms with E-state index < -0.39 is 0 Å². The molecule has 0 saturated heterocycles. The molecule has 0 bridgehead atoms. The predicted molar refractivity (Wildman–Crippen MR) is 48.8 cm³/mol. The Morgan fingerprint density at radius 1 is 1.67 bits per heavy atom. The Morgan fingerprint density at radius 2 is 2.33 bits per heavy atom. The Morgan fingerprint density at radius 3 is 2.83 bits per heavy atom. The highest BCUT2D eigenvalue weighted by Crippen LogP contribution is 2.07. The second-order valence-electron chi connectivity index (χ2n) is 2.67. The van der Waals surface area contributed by atoms with Crippen molar-refractivity contribution in [3.63, 3.8) is 0 Å². The maximum Gasteiger partial charge on any atom is 0.217 e. The van der Waals surface area contributed by atoms with E-state index in [9.17, 15) is 0 Å². The summed E-state index contributed by atoms with van der Waals surface area (Å²) in [5.74, 6) is 0.819. The maximum atomic E-state index is 9.14. The van der Waals surface area contributed by atoms with E-state index in [1.165, 1.54) is 0 Å². The van der Waals surface area contributed by atoms with Gasteiger partial charge in [-0.15, -0.1) is 5.10 Å². The standard InChI is InChI=1S/C7H12BrN3O/c1-3-11-6(4-5(2)12)9-7(8)10-11/h5,12H,3-4H2,1-2H3. The number of aliphatic hydroxyl groups excluding tert-OH is 1. The molecule has 0 aliphatic rings. The fourth-order valence-electron chi connectivity index (χ4n) is 1.01. The number of rotatable bonds is 3. The van der Waals surface area contributed by atoms with E-state index in [2.05, 4.69) is 26.0 Å². The Labute approximate surface area is 79.7 Å². The number of nitrogens with zero attached hydrogens (tertiary/aromatic N) is 3. The minimum absolute atomic E-state index is 0.369. The zero-order valence-corrected chi connectivity index (χ0v) is 8.74. The van der Waals surface area contributed by atoms with E-state index in [-0.39, 0.29) is 6.10 Å². The van der Waals surface area contributed by atoms with Gasteiger partial charge in [0.1, 0.15) is 5.82 Å². The van der Waals surface area contributed by atoms with Crippen LogP contribution in [-0.2, 0) is 13.0 Å². The molecule has 0 aliphatic carbocycles. The van der Waals surface area contributed by atoms with Crippen LogP contribution in [0.1, 0.15) is 19.7 Å². The molecule has 1 aromatic heterocycles. The van der Waals surface area contributed by atoms with Gasteiger partial charge >= 0.3 is 0 Å². The van der Waals surface area contributed by atoms with Crippen LogP contribution in [0.3, 0.4) is 0 Å². The van der Waals surface area contributed by atoms with Gasteiger partial charge < -0.3 is 5.11 Å². The van der Waals surface area contributed by atoms with Gasteiger partial charge in [0.15, 0.2) is 0 Å². The second kappa shape index (κ2) is 4.00. The van der Waals surface area contributed by atoms with E-state index in [1.807, 2.05) is 6.92 Å². The summed E-state index contributed by atoms with van der Waals surface area (Å²) in [6.45, 7) is 4.51. The normalized spacial score (nSPS) is 13.3. The molecular weight excluding hydrogens is 222 g/mol. The van der Waals surface area contributed by atoms with Crippen LogP contribution in [0.2, 0.25) is 0 Å². The molecule has 1 rings (SSSR count). The smallest absolute Gasteiger partial charge is 0.217 e. The van der Waals surface area contributed by atoms with Crippen LogP contribution in [0.5, 0.6) is 0 Å². The molecule has 0 saturated carbocycles. The number of aromatic nitrogens is 3. The van der Waals surface area contributed by atoms with Gasteiger partial charge in [-0.3, -0.25) is 0 Å². The lowest BCUT2D eigenvalue weighted by molar-refractivity contribution is 0.191. The molecule has 4 nitrogen and oxygen atoms in total. The summed E-state index contributed by atoms with van der Waals surface area (Å²) in [6.07, 6.45) is 0.179. The first kappa shape index (κ1) is 9.67. The highest BCUT2D eigenvalue weighted by molar-refractivity contribution is 9.10. The van der Waals surface area contributed by atoms with Crippen LogP contribution in [0.25, 0.3) is 0 Å². The van der Waals surface area contributed by atoms with Crippen LogP contribution in [0.4, 0.5) is 0 Å². The summed E-state index contributed by atoms with van der Waals surface area (Å²) >= 11 is 3.19. The molecule has 1 N–H and O–H groups in total. The molecule has 12 heavy (non-hydrogen) atoms. The molecule has 0 radical (unpaired) electrons. The number of aryl methyl sites for hydroxylation is 1. The van der Waals surface area contributed by atoms with Crippen LogP contribution in [-0.4, -0.2) is 26.0 Å². The van der Waals surface area contributed by atoms with Crippen LogP contribution in [0.15, 0.2) is 4.73 Å². The lowest BCUT2D eigenvalue weighted by Crippen LogP contribution is -2.11. The molecular formula is C7H12BrN3O. The third kappa shape index (κ3) is 2.28. The molecule has 1 unspecified atom stereocenters. The zero-order chi connectivity index (χ0) is 9.14. The molecule has 5 heteroatoms. The summed E-state index contributed by atoms with van der Waals surface area (Å²) in [5.41, 5.74) is 0. The van der Waals surface area contributed by atoms with Crippen LogP contribution in [0, 0.1) is 0 Å². The molecule has 68 valence electrons. The van der Waals surface area contributed by atoms with Crippen molar-refractivity contribution in [1.82, 2.24) is 14.8 Å². The highest BCUT2D eigenvalue weighted by Gasteiger charge is 2.08. The summed E-state index contributed by atoms with van der Waals surface area (Å²) in [6, 6.07) is 0. The van der Waals surface area contributed by atoms with E-state index in [0.29, 0.717) is 11.2 Å². The van der Waals surface area contributed by atoms with Crippen molar-refractivity contribution in [2.24, 2.45) is 0 Å². The van der Waals surface area contributed by atoms with Gasteiger partial charge in [0.05, 0.1) is 6.10 Å². The van der Waals surface area contributed by atoms with Crippen molar-refractivity contribution >= 4 is 15.9 Å². The molecule has 0 spiro atoms. The predicted octanol–water partition coefficient (Wildman–Crippen LogP) is 0.984. The molecule has 1 heterocycles. The third-order valence-corrected chi connectivity index (χ3v) is 1.84. The van der Waals surface area contributed by atoms with Crippen molar-refractivity contribution in [1.29, 1.82) is 0 Å². The quantitative estimate of drug-likeness (QED) is 0.848. The minimum atomic E-state index is -0.369. The van der Waals surface area contributed by atoms with Gasteiger partial charge in [-0.25, -0.2) is 9.67 Å². The Balaban J connectivity index is 2.81. The fourth-order valence-corrected chi connectivity index (χ4v) is 1.41. The van der Waals surface area contributed by atoms with Gasteiger partial charge in [0.25, 0.3) is 0 Å². The molecule has 1 aromatic rings. The lowest BCUT2D eigenvalue weighted by Gasteiger charge is -2.03. The summed E-state index contributed by atoms with van der Waals surface area (Å²) < 4.78 is 2.36. The monoisotopic (exact) mass is 233 g/mol. The average molecular weight is 234 g/mol. The lowest BCUT2D eigenvalue weighted by atomic mass is 10.3. The number of aliphatic hydroxyl groups is 1. The van der Waals surface area contributed by atoms with Gasteiger partial charge in [-0.1, -0.05) is 0 Å². The van der Waals surface area contributed by atoms with Gasteiger partial charge in [-0.05, 0) is 29.8 Å². The van der Waals surface area contributed by atoms with Crippen molar-refractivity contribution < 1.29 is 5.11 Å². The second-order valence-corrected chi connectivity index (χ2v) is 3.38. The maximum absolute atomic E-state index is 9.14. The van der Waals surface area contributed by atoms with Crippen LogP contribution < -0.4 is 0 Å². The number of halogens is 1. The van der Waals surface area contributed by atoms with E-state index in [0.717, 1.165) is 12.4 Å². The molecule has 0 aromatic carbocycles. The largest absolute Gasteiger partial charge is 0.393 e. The first-order valence-electron chi connectivity index (χ1n) is 3.90. The summed E-state index contributed by atoms with van der Waals surface area (Å²) in [5, 5.41) is 13.2. The molecule has 0 aliphatic heterocycles. The van der Waals surface area contributed by atoms with E-state index in [1.54, 1.807) is 11.6 Å². The number of hydrogen-bond acceptors (Lipinski definition) is 3. The Bertz CT molecular complexity index is 259. The average Bonchev–Trinajstić information content (AvgIpc) is 2.29. The molecule has 0 amide bonds. The summed E-state index contributed by atoms with van der Waals surface area (Å²) in [7, 11) is 0. The molecule has 1 atom stereocenters. The summed E-state index contributed by atoms with van der Waals surface area (Å²) in [4.78, 5) is 4.13. The number of hydrogen-bond donors (Lipinski definition) is 1. The topological polar surface area (TPSA) is 50.9 Å². The highest BCUT2D eigenvalue weighted by atomic mass is 79.9. The SMILES string of the molecule is CCn1nc(Br)nc1CC(C)O. The van der Waals surface area contributed by atoms with Gasteiger partial charge in [0.2, 0.25) is 4.73 Å². The first-order valence-corrected chi connectivity index (χ1v) is 4.70. The van der Waals surface area contributed by atoms with Crippen molar-refractivity contribution in [2.45, 2.75) is 32.9 Å². The zero-order valence-electron chi connectivity index (χ0n) is 7.16. The van der Waals surface area contributed by atoms with E-state index in [4.69, 9.17) is 5.11 Å². The molecule has 0 fully saturated rings. The van der Waals surface area contributed by atoms with Crippen molar-refractivity contribution in [2.75, 3.05) is 0 Å². The Hall–Kier alpha value is -0.420. The van der Waals surface area contributed by atoms with Gasteiger partial charge in [-0.2, -0.15) is 0 Å². The van der Waals surface area contributed by atoms with Crippen LogP contribution >= 0.6 is 15.9 Å². The Kier molecular flexibility index (Phi) is 3.22. The first-order chi connectivity index (χ1) is 5.63. The van der Waals surface area contributed by atoms with Crippen molar-refractivity contribution in [3.05, 3.63) is 10.6 Å². The minimum Gasteiger partial charge on any atom is -0.393 e. The van der Waals surface area contributed by atoms with Crippen molar-refractivity contribution in [3.8, 4) is 0 Å². The van der Waals surface area contributed by atoms with E-state index >= 15 is 0 Å².